The van der Waals surface area contributed by atoms with Crippen molar-refractivity contribution in [2.75, 3.05) is 0 Å². The first-order chi connectivity index (χ1) is 11.2. The lowest BCUT2D eigenvalue weighted by Crippen LogP contribution is -1.89. The maximum atomic E-state index is 6.15. The van der Waals surface area contributed by atoms with Crippen molar-refractivity contribution >= 4 is 33.7 Å². The van der Waals surface area contributed by atoms with Crippen molar-refractivity contribution in [2.45, 2.75) is 6.92 Å². The Labute approximate surface area is 142 Å². The van der Waals surface area contributed by atoms with Crippen molar-refractivity contribution in [3.63, 3.8) is 0 Å². The Kier molecular flexibility index (Phi) is 3.56. The third-order valence-corrected chi connectivity index (χ3v) is 5.04. The fourth-order valence-electron chi connectivity index (χ4n) is 2.47. The molecule has 3 nitrogen and oxygen atoms in total. The van der Waals surface area contributed by atoms with Crippen LogP contribution in [0.3, 0.4) is 0 Å². The van der Waals surface area contributed by atoms with Crippen LogP contribution in [0, 0.1) is 6.92 Å². The molecular weight excluding hydrogens is 326 g/mol. The molecule has 0 saturated carbocycles. The smallest absolute Gasteiger partial charge is 0.159 e. The van der Waals surface area contributed by atoms with Gasteiger partial charge in [0.1, 0.15) is 5.69 Å². The zero-order valence-corrected chi connectivity index (χ0v) is 13.9. The first-order valence-corrected chi connectivity index (χ1v) is 8.36. The molecule has 3 heterocycles. The van der Waals surface area contributed by atoms with Crippen LogP contribution in [-0.4, -0.2) is 15.2 Å². The van der Waals surface area contributed by atoms with Gasteiger partial charge in [-0.3, -0.25) is 4.98 Å². The number of thiophene rings is 1. The zero-order valence-electron chi connectivity index (χ0n) is 12.3. The van der Waals surface area contributed by atoms with Crippen LogP contribution in [0.15, 0.2) is 54.7 Å². The van der Waals surface area contributed by atoms with Crippen LogP contribution in [0.4, 0.5) is 0 Å². The Balaban J connectivity index is 1.84. The van der Waals surface area contributed by atoms with E-state index < -0.39 is 0 Å². The summed E-state index contributed by atoms with van der Waals surface area (Å²) in [6.07, 6.45) is 1.88. The molecule has 0 aliphatic heterocycles. The van der Waals surface area contributed by atoms with Gasteiger partial charge in [0.15, 0.2) is 5.15 Å². The van der Waals surface area contributed by atoms with Gasteiger partial charge in [0, 0.05) is 17.0 Å². The van der Waals surface area contributed by atoms with Crippen molar-refractivity contribution in [2.24, 2.45) is 0 Å². The fourth-order valence-corrected chi connectivity index (χ4v) is 3.65. The van der Waals surface area contributed by atoms with Crippen molar-refractivity contribution in [3.05, 3.63) is 65.4 Å². The largest absolute Gasteiger partial charge is 0.255 e. The quantitative estimate of drug-likeness (QED) is 0.492. The SMILES string of the molecule is Cc1ccc(-c2ccc(-c3nnc(Cl)c4ccccc34)s2)nc1. The number of halogens is 1. The van der Waals surface area contributed by atoms with Crippen molar-refractivity contribution in [1.29, 1.82) is 0 Å². The number of hydrogen-bond donors (Lipinski definition) is 0. The van der Waals surface area contributed by atoms with E-state index in [2.05, 4.69) is 33.4 Å². The molecule has 1 aromatic carbocycles. The average Bonchev–Trinajstić information content (AvgIpc) is 3.06. The average molecular weight is 338 g/mol. The van der Waals surface area contributed by atoms with Gasteiger partial charge < -0.3 is 0 Å². The fraction of sp³-hybridized carbons (Fsp3) is 0.0556. The summed E-state index contributed by atoms with van der Waals surface area (Å²) in [6, 6.07) is 16.2. The Bertz CT molecular complexity index is 993. The summed E-state index contributed by atoms with van der Waals surface area (Å²) in [5.41, 5.74) is 2.98. The first-order valence-electron chi connectivity index (χ1n) is 7.16. The van der Waals surface area contributed by atoms with Crippen molar-refractivity contribution in [1.82, 2.24) is 15.2 Å². The monoisotopic (exact) mass is 337 g/mol. The van der Waals surface area contributed by atoms with Crippen LogP contribution >= 0.6 is 22.9 Å². The second-order valence-corrected chi connectivity index (χ2v) is 6.71. The number of benzene rings is 1. The van der Waals surface area contributed by atoms with Crippen LogP contribution in [0.2, 0.25) is 5.15 Å². The first kappa shape index (κ1) is 14.3. The van der Waals surface area contributed by atoms with E-state index in [1.165, 1.54) is 0 Å². The minimum Gasteiger partial charge on any atom is -0.255 e. The normalized spacial score (nSPS) is 11.0. The van der Waals surface area contributed by atoms with Gasteiger partial charge >= 0.3 is 0 Å². The Morgan fingerprint density at radius 2 is 1.65 bits per heavy atom. The van der Waals surface area contributed by atoms with Crippen LogP contribution in [0.5, 0.6) is 0 Å². The summed E-state index contributed by atoms with van der Waals surface area (Å²) < 4.78 is 0. The lowest BCUT2D eigenvalue weighted by Gasteiger charge is -2.03. The molecule has 0 N–H and O–H groups in total. The van der Waals surface area contributed by atoms with Gasteiger partial charge in [-0.05, 0) is 30.7 Å². The predicted molar refractivity (Wildman–Crippen MR) is 95.8 cm³/mol. The Hall–Kier alpha value is -2.30. The van der Waals surface area contributed by atoms with Crippen LogP contribution < -0.4 is 0 Å². The molecule has 4 rings (SSSR count). The highest BCUT2D eigenvalue weighted by molar-refractivity contribution is 7.18. The molecule has 0 fully saturated rings. The maximum Gasteiger partial charge on any atom is 0.159 e. The molecule has 0 radical (unpaired) electrons. The highest BCUT2D eigenvalue weighted by Gasteiger charge is 2.12. The molecule has 0 saturated heterocycles. The topological polar surface area (TPSA) is 38.7 Å². The van der Waals surface area contributed by atoms with Gasteiger partial charge in [-0.25, -0.2) is 0 Å². The molecule has 0 aliphatic carbocycles. The van der Waals surface area contributed by atoms with E-state index in [4.69, 9.17) is 11.6 Å². The predicted octanol–water partition coefficient (Wildman–Crippen LogP) is 5.38. The van der Waals surface area contributed by atoms with Gasteiger partial charge in [-0.1, -0.05) is 41.9 Å². The van der Waals surface area contributed by atoms with E-state index in [9.17, 15) is 0 Å². The number of fused-ring (bicyclic) bond motifs is 1. The van der Waals surface area contributed by atoms with Gasteiger partial charge in [0.25, 0.3) is 0 Å². The van der Waals surface area contributed by atoms with Gasteiger partial charge in [0.05, 0.1) is 15.4 Å². The van der Waals surface area contributed by atoms with Gasteiger partial charge in [-0.15, -0.1) is 21.5 Å². The van der Waals surface area contributed by atoms with E-state index in [-0.39, 0.29) is 0 Å². The molecule has 0 bridgehead atoms. The number of rotatable bonds is 2. The Morgan fingerprint density at radius 1 is 0.870 bits per heavy atom. The second-order valence-electron chi connectivity index (χ2n) is 5.27. The van der Waals surface area contributed by atoms with E-state index in [0.29, 0.717) is 5.15 Å². The van der Waals surface area contributed by atoms with E-state index in [1.807, 2.05) is 43.5 Å². The van der Waals surface area contributed by atoms with Crippen LogP contribution in [-0.2, 0) is 0 Å². The van der Waals surface area contributed by atoms with E-state index in [1.54, 1.807) is 11.3 Å². The van der Waals surface area contributed by atoms with Gasteiger partial charge in [0.2, 0.25) is 0 Å². The minimum atomic E-state index is 0.432. The van der Waals surface area contributed by atoms with Gasteiger partial charge in [-0.2, -0.15) is 0 Å². The number of nitrogens with zero attached hydrogens (tertiary/aromatic N) is 3. The second kappa shape index (κ2) is 5.72. The summed E-state index contributed by atoms with van der Waals surface area (Å²) in [5, 5.41) is 10.8. The standard InChI is InChI=1S/C18H12ClN3S/c1-11-6-7-14(20-10-11)15-8-9-16(23-15)17-12-4-2-3-5-13(12)18(19)22-21-17/h2-10H,1H3. The highest BCUT2D eigenvalue weighted by Crippen LogP contribution is 2.36. The lowest BCUT2D eigenvalue weighted by molar-refractivity contribution is 1.06. The third-order valence-electron chi connectivity index (χ3n) is 3.65. The minimum absolute atomic E-state index is 0.432. The van der Waals surface area contributed by atoms with Crippen molar-refractivity contribution < 1.29 is 0 Å². The summed E-state index contributed by atoms with van der Waals surface area (Å²) >= 11 is 7.81. The van der Waals surface area contributed by atoms with E-state index in [0.717, 1.165) is 37.5 Å². The van der Waals surface area contributed by atoms with Crippen LogP contribution in [0.25, 0.3) is 31.9 Å². The molecule has 0 spiro atoms. The summed E-state index contributed by atoms with van der Waals surface area (Å²) in [5.74, 6) is 0. The third kappa shape index (κ3) is 2.60. The molecule has 23 heavy (non-hydrogen) atoms. The summed E-state index contributed by atoms with van der Waals surface area (Å²) in [7, 11) is 0. The maximum absolute atomic E-state index is 6.15. The zero-order chi connectivity index (χ0) is 15.8. The number of hydrogen-bond acceptors (Lipinski definition) is 4. The highest BCUT2D eigenvalue weighted by atomic mass is 35.5. The van der Waals surface area contributed by atoms with Crippen LogP contribution in [0.1, 0.15) is 5.56 Å². The summed E-state index contributed by atoms with van der Waals surface area (Å²) in [4.78, 5) is 6.66. The molecule has 0 atom stereocenters. The molecule has 5 heteroatoms. The Morgan fingerprint density at radius 3 is 2.43 bits per heavy atom. The molecule has 3 aromatic heterocycles. The number of aromatic nitrogens is 3. The molecule has 0 amide bonds. The number of aryl methyl sites for hydroxylation is 1. The summed E-state index contributed by atoms with van der Waals surface area (Å²) in [6.45, 7) is 2.03. The van der Waals surface area contributed by atoms with E-state index >= 15 is 0 Å². The molecule has 112 valence electrons. The molecule has 0 aliphatic rings. The lowest BCUT2D eigenvalue weighted by atomic mass is 10.1. The number of pyridine rings is 1. The molecule has 0 unspecified atom stereocenters. The van der Waals surface area contributed by atoms with Crippen molar-refractivity contribution in [3.8, 4) is 21.1 Å². The molecular formula is C18H12ClN3S. The molecule has 4 aromatic rings.